The lowest BCUT2D eigenvalue weighted by molar-refractivity contribution is -0.139. The molecule has 1 saturated carbocycles. The summed E-state index contributed by atoms with van der Waals surface area (Å²) in [6, 6.07) is 9.25. The summed E-state index contributed by atoms with van der Waals surface area (Å²) in [6.45, 7) is 2.30. The van der Waals surface area contributed by atoms with E-state index in [0.717, 1.165) is 29.7 Å². The standard InChI is InChI=1S/C21H19N3O4/c1-11-18-15(8-17(12-6-7-12)22-19(18)28-23-11)20(25)24-9-13-4-2-3-5-14(13)16(10-24)21(26)27/h2-5,8,12,16H,6-7,9-10H2,1H3,(H,26,27). The van der Waals surface area contributed by atoms with Crippen LogP contribution in [0.2, 0.25) is 0 Å². The number of carboxylic acids is 1. The van der Waals surface area contributed by atoms with Crippen molar-refractivity contribution in [3.05, 3.63) is 58.4 Å². The molecule has 7 nitrogen and oxygen atoms in total. The number of amides is 1. The average Bonchev–Trinajstić information content (AvgIpc) is 3.49. The van der Waals surface area contributed by atoms with E-state index in [9.17, 15) is 14.7 Å². The number of aliphatic carboxylic acids is 1. The first-order chi connectivity index (χ1) is 13.5. The largest absolute Gasteiger partial charge is 0.481 e. The number of aryl methyl sites for hydroxylation is 1. The Kier molecular flexibility index (Phi) is 3.72. The summed E-state index contributed by atoms with van der Waals surface area (Å²) in [5, 5.41) is 14.3. The van der Waals surface area contributed by atoms with Crippen molar-refractivity contribution in [3.63, 3.8) is 0 Å². The van der Waals surface area contributed by atoms with E-state index in [1.165, 1.54) is 0 Å². The predicted octanol–water partition coefficient (Wildman–Crippen LogP) is 3.23. The summed E-state index contributed by atoms with van der Waals surface area (Å²) in [6.07, 6.45) is 2.11. The van der Waals surface area contributed by atoms with Crippen LogP contribution in [0.3, 0.4) is 0 Å². The van der Waals surface area contributed by atoms with Crippen LogP contribution in [0.25, 0.3) is 11.1 Å². The van der Waals surface area contributed by atoms with Crippen molar-refractivity contribution >= 4 is 23.0 Å². The van der Waals surface area contributed by atoms with Crippen molar-refractivity contribution in [1.82, 2.24) is 15.0 Å². The minimum atomic E-state index is -0.926. The number of aromatic nitrogens is 2. The molecule has 28 heavy (non-hydrogen) atoms. The van der Waals surface area contributed by atoms with Crippen LogP contribution in [-0.4, -0.2) is 38.6 Å². The van der Waals surface area contributed by atoms with E-state index in [4.69, 9.17) is 4.52 Å². The number of carbonyl (C=O) groups excluding carboxylic acids is 1. The van der Waals surface area contributed by atoms with Gasteiger partial charge >= 0.3 is 5.97 Å². The Labute approximate surface area is 161 Å². The normalized spacial score (nSPS) is 18.9. The maximum absolute atomic E-state index is 13.5. The molecule has 0 radical (unpaired) electrons. The number of hydrogen-bond donors (Lipinski definition) is 1. The molecule has 0 bridgehead atoms. The second-order valence-corrected chi connectivity index (χ2v) is 7.59. The molecule has 3 heterocycles. The van der Waals surface area contributed by atoms with Gasteiger partial charge in [0.15, 0.2) is 0 Å². The summed E-state index contributed by atoms with van der Waals surface area (Å²) in [7, 11) is 0. The van der Waals surface area contributed by atoms with Gasteiger partial charge in [-0.25, -0.2) is 4.98 Å². The van der Waals surface area contributed by atoms with Gasteiger partial charge in [-0.2, -0.15) is 0 Å². The summed E-state index contributed by atoms with van der Waals surface area (Å²) in [4.78, 5) is 31.4. The summed E-state index contributed by atoms with van der Waals surface area (Å²) in [5.74, 6) is -1.51. The summed E-state index contributed by atoms with van der Waals surface area (Å²) >= 11 is 0. The first-order valence-electron chi connectivity index (χ1n) is 9.39. The molecule has 1 aliphatic heterocycles. The van der Waals surface area contributed by atoms with Crippen LogP contribution >= 0.6 is 0 Å². The van der Waals surface area contributed by atoms with E-state index in [1.54, 1.807) is 11.8 Å². The second kappa shape index (κ2) is 6.15. The Balaban J connectivity index is 1.58. The number of rotatable bonds is 3. The highest BCUT2D eigenvalue weighted by Crippen LogP contribution is 2.41. The molecule has 0 saturated heterocycles. The zero-order valence-electron chi connectivity index (χ0n) is 15.4. The third kappa shape index (κ3) is 2.66. The van der Waals surface area contributed by atoms with Gasteiger partial charge < -0.3 is 14.5 Å². The van der Waals surface area contributed by atoms with Gasteiger partial charge in [-0.15, -0.1) is 0 Å². The lowest BCUT2D eigenvalue weighted by atomic mass is 9.89. The van der Waals surface area contributed by atoms with Crippen molar-refractivity contribution in [2.45, 2.75) is 38.1 Å². The van der Waals surface area contributed by atoms with Gasteiger partial charge in [0.2, 0.25) is 0 Å². The van der Waals surface area contributed by atoms with Gasteiger partial charge in [0, 0.05) is 24.7 Å². The molecule has 3 aromatic rings. The number of hydrogen-bond acceptors (Lipinski definition) is 5. The molecule has 1 amide bonds. The molecule has 2 aliphatic rings. The quantitative estimate of drug-likeness (QED) is 0.753. The number of carbonyl (C=O) groups is 2. The third-order valence-electron chi connectivity index (χ3n) is 5.64. The predicted molar refractivity (Wildman–Crippen MR) is 100 cm³/mol. The van der Waals surface area contributed by atoms with Crippen LogP contribution in [-0.2, 0) is 11.3 Å². The van der Waals surface area contributed by atoms with Crippen molar-refractivity contribution in [3.8, 4) is 0 Å². The first-order valence-corrected chi connectivity index (χ1v) is 9.39. The Morgan fingerprint density at radius 2 is 2.04 bits per heavy atom. The van der Waals surface area contributed by atoms with Crippen molar-refractivity contribution in [1.29, 1.82) is 0 Å². The molecule has 0 spiro atoms. The average molecular weight is 377 g/mol. The van der Waals surface area contributed by atoms with Gasteiger partial charge in [0.25, 0.3) is 11.6 Å². The number of nitrogens with zero attached hydrogens (tertiary/aromatic N) is 3. The molecule has 1 N–H and O–H groups in total. The van der Waals surface area contributed by atoms with Crippen LogP contribution < -0.4 is 0 Å². The van der Waals surface area contributed by atoms with E-state index in [2.05, 4.69) is 10.1 Å². The molecule has 2 aromatic heterocycles. The highest BCUT2D eigenvalue weighted by Gasteiger charge is 2.35. The molecule has 1 unspecified atom stereocenters. The molecule has 142 valence electrons. The lowest BCUT2D eigenvalue weighted by Crippen LogP contribution is -2.40. The van der Waals surface area contributed by atoms with Crippen LogP contribution in [0.5, 0.6) is 0 Å². The highest BCUT2D eigenvalue weighted by molar-refractivity contribution is 6.06. The maximum Gasteiger partial charge on any atom is 0.312 e. The first kappa shape index (κ1) is 16.9. The SMILES string of the molecule is Cc1noc2nc(C3CC3)cc(C(=O)N3Cc4ccccc4C(C(=O)O)C3)c12. The van der Waals surface area contributed by atoms with Crippen LogP contribution in [0.1, 0.15) is 57.6 Å². The Morgan fingerprint density at radius 3 is 2.79 bits per heavy atom. The Hall–Kier alpha value is -3.22. The fourth-order valence-electron chi connectivity index (χ4n) is 4.01. The smallest absolute Gasteiger partial charge is 0.312 e. The number of pyridine rings is 1. The fourth-order valence-corrected chi connectivity index (χ4v) is 4.01. The number of benzene rings is 1. The van der Waals surface area contributed by atoms with E-state index in [1.807, 2.05) is 30.3 Å². The topological polar surface area (TPSA) is 96.5 Å². The fraction of sp³-hybridized carbons (Fsp3) is 0.333. The zero-order chi connectivity index (χ0) is 19.4. The zero-order valence-corrected chi connectivity index (χ0v) is 15.4. The second-order valence-electron chi connectivity index (χ2n) is 7.59. The van der Waals surface area contributed by atoms with Gasteiger partial charge in [-0.1, -0.05) is 29.4 Å². The number of carboxylic acid groups (broad SMARTS) is 1. The molecule has 1 atom stereocenters. The van der Waals surface area contributed by atoms with Crippen LogP contribution in [0.15, 0.2) is 34.9 Å². The molecule has 1 aromatic carbocycles. The summed E-state index contributed by atoms with van der Waals surface area (Å²) < 4.78 is 5.34. The van der Waals surface area contributed by atoms with Gasteiger partial charge in [-0.3, -0.25) is 9.59 Å². The maximum atomic E-state index is 13.5. The minimum absolute atomic E-state index is 0.137. The van der Waals surface area contributed by atoms with E-state index < -0.39 is 11.9 Å². The number of fused-ring (bicyclic) bond motifs is 2. The van der Waals surface area contributed by atoms with Gasteiger partial charge in [0.1, 0.15) is 0 Å². The van der Waals surface area contributed by atoms with E-state index in [-0.39, 0.29) is 12.5 Å². The molecule has 5 rings (SSSR count). The summed E-state index contributed by atoms with van der Waals surface area (Å²) in [5.41, 5.74) is 3.97. The van der Waals surface area contributed by atoms with E-state index in [0.29, 0.717) is 34.8 Å². The molecule has 1 fully saturated rings. The molecule has 7 heteroatoms. The van der Waals surface area contributed by atoms with Crippen molar-refractivity contribution in [2.75, 3.05) is 6.54 Å². The third-order valence-corrected chi connectivity index (χ3v) is 5.64. The molecular formula is C21H19N3O4. The van der Waals surface area contributed by atoms with Gasteiger partial charge in [-0.05, 0) is 37.0 Å². The van der Waals surface area contributed by atoms with Gasteiger partial charge in [0.05, 0.1) is 22.6 Å². The van der Waals surface area contributed by atoms with Crippen molar-refractivity contribution < 1.29 is 19.2 Å². The molecule has 1 aliphatic carbocycles. The monoisotopic (exact) mass is 377 g/mol. The minimum Gasteiger partial charge on any atom is -0.481 e. The highest BCUT2D eigenvalue weighted by atomic mass is 16.5. The van der Waals surface area contributed by atoms with E-state index >= 15 is 0 Å². The van der Waals surface area contributed by atoms with Crippen LogP contribution in [0.4, 0.5) is 0 Å². The lowest BCUT2D eigenvalue weighted by Gasteiger charge is -2.33. The Morgan fingerprint density at radius 1 is 1.25 bits per heavy atom. The molecular weight excluding hydrogens is 358 g/mol. The Bertz CT molecular complexity index is 1120. The van der Waals surface area contributed by atoms with Crippen LogP contribution in [0, 0.1) is 6.92 Å². The van der Waals surface area contributed by atoms with Crippen molar-refractivity contribution in [2.24, 2.45) is 0 Å².